The van der Waals surface area contributed by atoms with Gasteiger partial charge in [-0.3, -0.25) is 4.79 Å². The van der Waals surface area contributed by atoms with Crippen LogP contribution in [0.5, 0.6) is 0 Å². The van der Waals surface area contributed by atoms with Gasteiger partial charge in [0, 0.05) is 6.92 Å². The Morgan fingerprint density at radius 3 is 2.72 bits per heavy atom. The first-order valence-corrected chi connectivity index (χ1v) is 6.14. The Morgan fingerprint density at radius 1 is 1.33 bits per heavy atom. The molecule has 1 aromatic carbocycles. The predicted octanol–water partition coefficient (Wildman–Crippen LogP) is 3.10. The molecule has 0 aliphatic heterocycles. The summed E-state index contributed by atoms with van der Waals surface area (Å²) in [5, 5.41) is 0. The van der Waals surface area contributed by atoms with Crippen molar-refractivity contribution in [2.45, 2.75) is 33.0 Å². The molecule has 0 saturated carbocycles. The van der Waals surface area contributed by atoms with Crippen molar-refractivity contribution in [2.24, 2.45) is 0 Å². The zero-order valence-electron chi connectivity index (χ0n) is 11.0. The van der Waals surface area contributed by atoms with E-state index < -0.39 is 0 Å². The van der Waals surface area contributed by atoms with Crippen LogP contribution >= 0.6 is 0 Å². The fraction of sp³-hybridized carbons (Fsp3) is 0.400. The van der Waals surface area contributed by atoms with E-state index in [2.05, 4.69) is 0 Å². The summed E-state index contributed by atoms with van der Waals surface area (Å²) in [6.07, 6.45) is 4.49. The van der Waals surface area contributed by atoms with Crippen molar-refractivity contribution in [1.82, 2.24) is 0 Å². The van der Waals surface area contributed by atoms with Crippen molar-refractivity contribution in [1.29, 1.82) is 0 Å². The van der Waals surface area contributed by atoms with Crippen LogP contribution in [0.2, 0.25) is 0 Å². The molecule has 0 N–H and O–H groups in total. The van der Waals surface area contributed by atoms with Crippen molar-refractivity contribution >= 4 is 5.97 Å². The SMILES string of the molecule is CC(=O)OC(C)/C=C\CCOCc1ccccc1. The molecular formula is C15H20O3. The smallest absolute Gasteiger partial charge is 0.303 e. The third-order valence-electron chi connectivity index (χ3n) is 2.30. The third kappa shape index (κ3) is 6.86. The molecule has 0 spiro atoms. The minimum absolute atomic E-state index is 0.170. The maximum atomic E-state index is 10.7. The zero-order chi connectivity index (χ0) is 13.2. The number of ether oxygens (including phenoxy) is 2. The minimum Gasteiger partial charge on any atom is -0.459 e. The number of carbonyl (C=O) groups is 1. The standard InChI is InChI=1S/C15H20O3/c1-13(18-14(2)16)8-6-7-11-17-12-15-9-4-3-5-10-15/h3-6,8-10,13H,7,11-12H2,1-2H3/b8-6-. The van der Waals surface area contributed by atoms with Gasteiger partial charge in [-0.15, -0.1) is 0 Å². The van der Waals surface area contributed by atoms with E-state index in [1.54, 1.807) is 0 Å². The van der Waals surface area contributed by atoms with Crippen molar-refractivity contribution in [3.05, 3.63) is 48.0 Å². The Morgan fingerprint density at radius 2 is 2.06 bits per heavy atom. The van der Waals surface area contributed by atoms with Crippen LogP contribution in [0.3, 0.4) is 0 Å². The molecule has 1 rings (SSSR count). The van der Waals surface area contributed by atoms with Gasteiger partial charge in [0.25, 0.3) is 0 Å². The molecule has 1 unspecified atom stereocenters. The summed E-state index contributed by atoms with van der Waals surface area (Å²) >= 11 is 0. The molecule has 0 bridgehead atoms. The van der Waals surface area contributed by atoms with Gasteiger partial charge < -0.3 is 9.47 Å². The van der Waals surface area contributed by atoms with Crippen LogP contribution in [0, 0.1) is 0 Å². The lowest BCUT2D eigenvalue weighted by molar-refractivity contribution is -0.143. The summed E-state index contributed by atoms with van der Waals surface area (Å²) in [7, 11) is 0. The molecule has 0 amide bonds. The van der Waals surface area contributed by atoms with E-state index >= 15 is 0 Å². The van der Waals surface area contributed by atoms with Gasteiger partial charge in [-0.05, 0) is 25.0 Å². The summed E-state index contributed by atoms with van der Waals surface area (Å²) in [5.74, 6) is -0.257. The molecule has 0 radical (unpaired) electrons. The van der Waals surface area contributed by atoms with E-state index in [0.29, 0.717) is 13.2 Å². The molecular weight excluding hydrogens is 228 g/mol. The number of hydrogen-bond donors (Lipinski definition) is 0. The lowest BCUT2D eigenvalue weighted by Crippen LogP contribution is -2.08. The maximum Gasteiger partial charge on any atom is 0.303 e. The normalized spacial score (nSPS) is 12.6. The Kier molecular flexibility index (Phi) is 6.81. The number of esters is 1. The third-order valence-corrected chi connectivity index (χ3v) is 2.30. The second-order valence-electron chi connectivity index (χ2n) is 4.07. The Bertz CT molecular complexity index is 371. The van der Waals surface area contributed by atoms with Gasteiger partial charge in [-0.25, -0.2) is 0 Å². The number of carbonyl (C=O) groups excluding carboxylic acids is 1. The molecule has 3 heteroatoms. The summed E-state index contributed by atoms with van der Waals surface area (Å²) in [4.78, 5) is 10.7. The van der Waals surface area contributed by atoms with E-state index in [1.165, 1.54) is 12.5 Å². The van der Waals surface area contributed by atoms with Crippen molar-refractivity contribution in [3.63, 3.8) is 0 Å². The molecule has 0 saturated heterocycles. The molecule has 3 nitrogen and oxygen atoms in total. The van der Waals surface area contributed by atoms with Gasteiger partial charge in [-0.1, -0.05) is 36.4 Å². The van der Waals surface area contributed by atoms with Crippen LogP contribution in [0.15, 0.2) is 42.5 Å². The van der Waals surface area contributed by atoms with E-state index in [-0.39, 0.29) is 12.1 Å². The van der Waals surface area contributed by atoms with E-state index in [4.69, 9.17) is 9.47 Å². The van der Waals surface area contributed by atoms with Gasteiger partial charge in [0.2, 0.25) is 0 Å². The molecule has 0 aromatic heterocycles. The van der Waals surface area contributed by atoms with E-state index in [1.807, 2.05) is 49.4 Å². The summed E-state index contributed by atoms with van der Waals surface area (Å²) in [5.41, 5.74) is 1.18. The lowest BCUT2D eigenvalue weighted by Gasteiger charge is -2.06. The highest BCUT2D eigenvalue weighted by Crippen LogP contribution is 2.01. The lowest BCUT2D eigenvalue weighted by atomic mass is 10.2. The first-order valence-electron chi connectivity index (χ1n) is 6.14. The van der Waals surface area contributed by atoms with Crippen LogP contribution in [0.1, 0.15) is 25.8 Å². The summed E-state index contributed by atoms with van der Waals surface area (Å²) < 4.78 is 10.5. The molecule has 0 heterocycles. The zero-order valence-corrected chi connectivity index (χ0v) is 11.0. The Labute approximate surface area is 108 Å². The summed E-state index contributed by atoms with van der Waals surface area (Å²) in [6, 6.07) is 10.1. The van der Waals surface area contributed by atoms with Gasteiger partial charge in [0.05, 0.1) is 13.2 Å². The molecule has 1 aromatic rings. The topological polar surface area (TPSA) is 35.5 Å². The number of hydrogen-bond acceptors (Lipinski definition) is 3. The number of rotatable bonds is 7. The molecule has 18 heavy (non-hydrogen) atoms. The molecule has 98 valence electrons. The van der Waals surface area contributed by atoms with Gasteiger partial charge >= 0.3 is 5.97 Å². The van der Waals surface area contributed by atoms with Gasteiger partial charge in [0.1, 0.15) is 6.10 Å². The fourth-order valence-corrected chi connectivity index (χ4v) is 1.50. The Balaban J connectivity index is 2.08. The second kappa shape index (κ2) is 8.48. The highest BCUT2D eigenvalue weighted by atomic mass is 16.5. The highest BCUT2D eigenvalue weighted by molar-refractivity contribution is 5.66. The average Bonchev–Trinajstić information content (AvgIpc) is 2.34. The minimum atomic E-state index is -0.257. The second-order valence-corrected chi connectivity index (χ2v) is 4.07. The quantitative estimate of drug-likeness (QED) is 0.422. The van der Waals surface area contributed by atoms with Crippen LogP contribution in [0.25, 0.3) is 0 Å². The first kappa shape index (κ1) is 14.5. The van der Waals surface area contributed by atoms with Crippen molar-refractivity contribution < 1.29 is 14.3 Å². The largest absolute Gasteiger partial charge is 0.459 e. The predicted molar refractivity (Wildman–Crippen MR) is 71.1 cm³/mol. The summed E-state index contributed by atoms with van der Waals surface area (Å²) in [6.45, 7) is 4.54. The fourth-order valence-electron chi connectivity index (χ4n) is 1.50. The van der Waals surface area contributed by atoms with Gasteiger partial charge in [0.15, 0.2) is 0 Å². The van der Waals surface area contributed by atoms with Crippen LogP contribution < -0.4 is 0 Å². The maximum absolute atomic E-state index is 10.7. The molecule has 0 fully saturated rings. The molecule has 1 atom stereocenters. The van der Waals surface area contributed by atoms with Gasteiger partial charge in [-0.2, -0.15) is 0 Å². The average molecular weight is 248 g/mol. The molecule has 0 aliphatic rings. The van der Waals surface area contributed by atoms with E-state index in [0.717, 1.165) is 6.42 Å². The van der Waals surface area contributed by atoms with Crippen molar-refractivity contribution in [2.75, 3.05) is 6.61 Å². The van der Waals surface area contributed by atoms with Crippen LogP contribution in [-0.4, -0.2) is 18.7 Å². The van der Waals surface area contributed by atoms with E-state index in [9.17, 15) is 4.79 Å². The highest BCUT2D eigenvalue weighted by Gasteiger charge is 1.98. The number of benzene rings is 1. The van der Waals surface area contributed by atoms with Crippen LogP contribution in [-0.2, 0) is 20.9 Å². The van der Waals surface area contributed by atoms with Crippen molar-refractivity contribution in [3.8, 4) is 0 Å². The molecule has 0 aliphatic carbocycles. The Hall–Kier alpha value is -1.61. The first-order chi connectivity index (χ1) is 8.68. The monoisotopic (exact) mass is 248 g/mol. The van der Waals surface area contributed by atoms with Crippen LogP contribution in [0.4, 0.5) is 0 Å².